The fourth-order valence-corrected chi connectivity index (χ4v) is 2.24. The lowest BCUT2D eigenvalue weighted by atomic mass is 10.4. The summed E-state index contributed by atoms with van der Waals surface area (Å²) in [5.41, 5.74) is 1.01. The number of ether oxygens (including phenoxy) is 1. The van der Waals surface area contributed by atoms with E-state index in [0.29, 0.717) is 0 Å². The van der Waals surface area contributed by atoms with E-state index < -0.39 is 6.09 Å². The molecule has 1 N–H and O–H groups in total. The number of aryl methyl sites for hydroxylation is 2. The van der Waals surface area contributed by atoms with Gasteiger partial charge in [-0.3, -0.25) is 5.32 Å². The molecule has 0 atom stereocenters. The second-order valence-corrected chi connectivity index (χ2v) is 4.88. The quantitative estimate of drug-likeness (QED) is 0.871. The number of nitrogens with zero attached hydrogens (tertiary/aromatic N) is 3. The van der Waals surface area contributed by atoms with Crippen LogP contribution in [0.4, 0.5) is 10.7 Å². The third-order valence-electron chi connectivity index (χ3n) is 2.17. The van der Waals surface area contributed by atoms with Crippen LogP contribution in [0.1, 0.15) is 10.6 Å². The van der Waals surface area contributed by atoms with E-state index in [1.807, 2.05) is 13.8 Å². The van der Waals surface area contributed by atoms with Crippen LogP contribution in [0.2, 0.25) is 0 Å². The number of halogens is 1. The summed E-state index contributed by atoms with van der Waals surface area (Å²) in [6.45, 7) is 4.11. The van der Waals surface area contributed by atoms with Crippen molar-refractivity contribution >= 4 is 39.9 Å². The van der Waals surface area contributed by atoms with E-state index in [2.05, 4.69) is 15.4 Å². The minimum Gasteiger partial charge on any atom is -0.448 e. The topological polar surface area (TPSA) is 68.5 Å². The molecule has 0 saturated carbocycles. The maximum absolute atomic E-state index is 11.2. The predicted octanol–water partition coefficient (Wildman–Crippen LogP) is 2.19. The van der Waals surface area contributed by atoms with Gasteiger partial charge in [-0.25, -0.2) is 9.31 Å². The monoisotopic (exact) mass is 274 g/mol. The molecule has 0 fully saturated rings. The van der Waals surface area contributed by atoms with Gasteiger partial charge in [0.15, 0.2) is 0 Å². The average molecular weight is 275 g/mol. The van der Waals surface area contributed by atoms with Crippen molar-refractivity contribution in [1.29, 1.82) is 0 Å². The number of hydrogen-bond acceptors (Lipinski definition) is 5. The van der Waals surface area contributed by atoms with Crippen molar-refractivity contribution in [2.45, 2.75) is 13.8 Å². The van der Waals surface area contributed by atoms with Gasteiger partial charge in [0.2, 0.25) is 4.96 Å². The summed E-state index contributed by atoms with van der Waals surface area (Å²) in [5, 5.41) is 6.59. The Balaban J connectivity index is 2.12. The average Bonchev–Trinajstić information content (AvgIpc) is 2.77. The minimum atomic E-state index is -0.599. The second kappa shape index (κ2) is 4.89. The molecule has 0 bridgehead atoms. The van der Waals surface area contributed by atoms with Crippen molar-refractivity contribution in [2.75, 3.05) is 17.8 Å². The molecule has 8 heteroatoms. The number of fused-ring (bicyclic) bond motifs is 1. The van der Waals surface area contributed by atoms with Crippen molar-refractivity contribution in [2.24, 2.45) is 0 Å². The smallest absolute Gasteiger partial charge is 0.414 e. The van der Waals surface area contributed by atoms with Crippen molar-refractivity contribution in [3.8, 4) is 0 Å². The number of thiazole rings is 1. The third kappa shape index (κ3) is 2.50. The normalized spacial score (nSPS) is 10.8. The lowest BCUT2D eigenvalue weighted by molar-refractivity contribution is 0.168. The minimum absolute atomic E-state index is 0.160. The molecule has 0 saturated heterocycles. The lowest BCUT2D eigenvalue weighted by Gasteiger charge is -2.00. The van der Waals surface area contributed by atoms with E-state index in [-0.39, 0.29) is 18.4 Å². The SMILES string of the molecule is Cc1sc2nc(NC(=O)OCCCl)nn2c1C. The van der Waals surface area contributed by atoms with Crippen LogP contribution in [0.3, 0.4) is 0 Å². The first-order valence-electron chi connectivity index (χ1n) is 4.94. The Morgan fingerprint density at radius 2 is 2.35 bits per heavy atom. The highest BCUT2D eigenvalue weighted by atomic mass is 35.5. The van der Waals surface area contributed by atoms with E-state index >= 15 is 0 Å². The number of amides is 1. The van der Waals surface area contributed by atoms with Crippen LogP contribution in [0, 0.1) is 13.8 Å². The molecule has 0 aliphatic rings. The highest BCUT2D eigenvalue weighted by Crippen LogP contribution is 2.21. The maximum atomic E-state index is 11.2. The summed E-state index contributed by atoms with van der Waals surface area (Å²) in [4.78, 5) is 17.3. The fraction of sp³-hybridized carbons (Fsp3) is 0.444. The molecule has 0 aliphatic heterocycles. The summed E-state index contributed by atoms with van der Waals surface area (Å²) in [5.74, 6) is 0.496. The Labute approximate surface area is 107 Å². The first kappa shape index (κ1) is 12.1. The molecular formula is C9H11ClN4O2S. The number of carbonyl (C=O) groups is 1. The van der Waals surface area contributed by atoms with Crippen molar-refractivity contribution in [3.05, 3.63) is 10.6 Å². The van der Waals surface area contributed by atoms with E-state index in [1.54, 1.807) is 4.52 Å². The van der Waals surface area contributed by atoms with Gasteiger partial charge in [-0.05, 0) is 13.8 Å². The van der Waals surface area contributed by atoms with Crippen LogP contribution in [0.5, 0.6) is 0 Å². The zero-order chi connectivity index (χ0) is 12.4. The van der Waals surface area contributed by atoms with Crippen LogP contribution in [-0.4, -0.2) is 33.2 Å². The van der Waals surface area contributed by atoms with Gasteiger partial charge < -0.3 is 4.74 Å². The molecular weight excluding hydrogens is 264 g/mol. The van der Waals surface area contributed by atoms with Crippen LogP contribution in [-0.2, 0) is 4.74 Å². The number of rotatable bonds is 3. The van der Waals surface area contributed by atoms with Crippen molar-refractivity contribution in [1.82, 2.24) is 14.6 Å². The largest absolute Gasteiger partial charge is 0.448 e. The van der Waals surface area contributed by atoms with E-state index in [1.165, 1.54) is 11.3 Å². The Kier molecular flexibility index (Phi) is 3.49. The first-order chi connectivity index (χ1) is 8.11. The van der Waals surface area contributed by atoms with Gasteiger partial charge >= 0.3 is 6.09 Å². The third-order valence-corrected chi connectivity index (χ3v) is 3.38. The zero-order valence-electron chi connectivity index (χ0n) is 9.36. The molecule has 0 spiro atoms. The van der Waals surface area contributed by atoms with E-state index in [9.17, 15) is 4.79 Å². The molecule has 92 valence electrons. The molecule has 2 rings (SSSR count). The number of anilines is 1. The second-order valence-electron chi connectivity index (χ2n) is 3.32. The number of alkyl halides is 1. The Hall–Kier alpha value is -1.34. The lowest BCUT2D eigenvalue weighted by Crippen LogP contribution is -2.15. The summed E-state index contributed by atoms with van der Waals surface area (Å²) in [7, 11) is 0. The van der Waals surface area contributed by atoms with Gasteiger partial charge in [-0.1, -0.05) is 11.3 Å². The molecule has 17 heavy (non-hydrogen) atoms. The van der Waals surface area contributed by atoms with E-state index in [0.717, 1.165) is 15.5 Å². The van der Waals surface area contributed by atoms with Gasteiger partial charge in [0.05, 0.1) is 11.6 Å². The van der Waals surface area contributed by atoms with Gasteiger partial charge in [-0.2, -0.15) is 4.98 Å². The molecule has 2 aromatic heterocycles. The van der Waals surface area contributed by atoms with E-state index in [4.69, 9.17) is 16.3 Å². The molecule has 0 radical (unpaired) electrons. The van der Waals surface area contributed by atoms with Gasteiger partial charge in [-0.15, -0.1) is 16.7 Å². The standard InChI is InChI=1S/C9H11ClN4O2S/c1-5-6(2)17-8-11-7(13-14(5)8)12-9(15)16-4-3-10/h3-4H2,1-2H3,(H,12,13,15). The van der Waals surface area contributed by atoms with Gasteiger partial charge in [0.25, 0.3) is 5.95 Å². The number of hydrogen-bond donors (Lipinski definition) is 1. The molecule has 0 unspecified atom stereocenters. The molecule has 2 heterocycles. The number of carbonyl (C=O) groups excluding carboxylic acids is 1. The Bertz CT molecular complexity index is 550. The summed E-state index contributed by atoms with van der Waals surface area (Å²) in [6.07, 6.45) is -0.599. The van der Waals surface area contributed by atoms with Crippen LogP contribution in [0.25, 0.3) is 4.96 Å². The van der Waals surface area contributed by atoms with Crippen molar-refractivity contribution < 1.29 is 9.53 Å². The predicted molar refractivity (Wildman–Crippen MR) is 66.0 cm³/mol. The number of aromatic nitrogens is 3. The van der Waals surface area contributed by atoms with Gasteiger partial charge in [0, 0.05) is 4.88 Å². The van der Waals surface area contributed by atoms with Gasteiger partial charge in [0.1, 0.15) is 6.61 Å². The molecule has 6 nitrogen and oxygen atoms in total. The van der Waals surface area contributed by atoms with Crippen LogP contribution < -0.4 is 5.32 Å². The molecule has 0 aromatic carbocycles. The summed E-state index contributed by atoms with van der Waals surface area (Å²) < 4.78 is 6.45. The highest BCUT2D eigenvalue weighted by Gasteiger charge is 2.12. The van der Waals surface area contributed by atoms with Crippen molar-refractivity contribution in [3.63, 3.8) is 0 Å². The highest BCUT2D eigenvalue weighted by molar-refractivity contribution is 7.17. The fourth-order valence-electron chi connectivity index (χ4n) is 1.25. The van der Waals surface area contributed by atoms with Crippen LogP contribution >= 0.6 is 22.9 Å². The Morgan fingerprint density at radius 3 is 3.00 bits per heavy atom. The first-order valence-corrected chi connectivity index (χ1v) is 6.29. The molecule has 2 aromatic rings. The summed E-state index contributed by atoms with van der Waals surface area (Å²) in [6, 6.07) is 0. The summed E-state index contributed by atoms with van der Waals surface area (Å²) >= 11 is 6.92. The Morgan fingerprint density at radius 1 is 1.59 bits per heavy atom. The zero-order valence-corrected chi connectivity index (χ0v) is 10.9. The maximum Gasteiger partial charge on any atom is 0.414 e. The molecule has 0 aliphatic carbocycles. The van der Waals surface area contributed by atoms with Crippen LogP contribution in [0.15, 0.2) is 0 Å². The number of nitrogens with one attached hydrogen (secondary N) is 1. The molecule has 1 amide bonds.